The second-order valence-electron chi connectivity index (χ2n) is 4.71. The van der Waals surface area contributed by atoms with Crippen molar-refractivity contribution >= 4 is 28.7 Å². The molecule has 0 radical (unpaired) electrons. The molecule has 1 unspecified atom stereocenters. The predicted molar refractivity (Wildman–Crippen MR) is 74.7 cm³/mol. The second-order valence-corrected chi connectivity index (χ2v) is 6.43. The van der Waals surface area contributed by atoms with Gasteiger partial charge in [0.25, 0.3) is 0 Å². The van der Waals surface area contributed by atoms with Crippen LogP contribution in [0.15, 0.2) is 12.1 Å². The van der Waals surface area contributed by atoms with E-state index in [2.05, 4.69) is 0 Å². The number of Topliss-reactive ketones (excluding diaryl/α,β-unsaturated/α-hetero) is 1. The van der Waals surface area contributed by atoms with Crippen molar-refractivity contribution < 1.29 is 9.53 Å². The number of carbonyl (C=O) groups excluding carboxylic acids is 1. The lowest BCUT2D eigenvalue weighted by Crippen LogP contribution is -2.36. The summed E-state index contributed by atoms with van der Waals surface area (Å²) in [5.41, 5.74) is 0. The summed E-state index contributed by atoms with van der Waals surface area (Å²) in [5, 5.41) is 0. The van der Waals surface area contributed by atoms with Gasteiger partial charge in [0, 0.05) is 13.2 Å². The fraction of sp³-hybridized carbons (Fsp3) is 0.615. The highest BCUT2D eigenvalue weighted by atomic mass is 35.5. The smallest absolute Gasteiger partial charge is 0.186 e. The zero-order valence-electron chi connectivity index (χ0n) is 10.5. The Morgan fingerprint density at radius 1 is 1.56 bits per heavy atom. The van der Waals surface area contributed by atoms with E-state index in [0.717, 1.165) is 30.9 Å². The number of halogens is 1. The van der Waals surface area contributed by atoms with Gasteiger partial charge in [-0.2, -0.15) is 0 Å². The molecule has 0 saturated carbocycles. The molecule has 0 spiro atoms. The average Bonchev–Trinajstić information content (AvgIpc) is 2.77. The first-order chi connectivity index (χ1) is 8.65. The van der Waals surface area contributed by atoms with Gasteiger partial charge < -0.3 is 4.74 Å². The first-order valence-corrected chi connectivity index (χ1v) is 7.43. The van der Waals surface area contributed by atoms with Crippen LogP contribution in [0.1, 0.15) is 28.9 Å². The third-order valence-electron chi connectivity index (χ3n) is 3.05. The van der Waals surface area contributed by atoms with Gasteiger partial charge in [-0.25, -0.2) is 0 Å². The molecule has 1 fully saturated rings. The summed E-state index contributed by atoms with van der Waals surface area (Å²) in [6.07, 6.45) is 3.77. The molecule has 1 aliphatic rings. The third kappa shape index (κ3) is 4.05. The van der Waals surface area contributed by atoms with Crippen molar-refractivity contribution in [3.8, 4) is 0 Å². The number of nitrogens with zero attached hydrogens (tertiary/aromatic N) is 1. The van der Waals surface area contributed by atoms with Crippen molar-refractivity contribution in [3.63, 3.8) is 0 Å². The summed E-state index contributed by atoms with van der Waals surface area (Å²) in [6, 6.07) is 3.56. The fourth-order valence-corrected chi connectivity index (χ4v) is 3.12. The zero-order valence-corrected chi connectivity index (χ0v) is 12.1. The maximum absolute atomic E-state index is 12.0. The number of hydrogen-bond acceptors (Lipinski definition) is 4. The molecule has 2 heterocycles. The van der Waals surface area contributed by atoms with Gasteiger partial charge in [0.05, 0.1) is 21.9 Å². The highest BCUT2D eigenvalue weighted by Crippen LogP contribution is 2.22. The SMILES string of the molecule is CN(CC(=O)c1ccc(Cl)s1)CC1CCCCO1. The molecule has 2 rings (SSSR count). The summed E-state index contributed by atoms with van der Waals surface area (Å²) in [6.45, 7) is 2.11. The Balaban J connectivity index is 1.79. The van der Waals surface area contributed by atoms with E-state index in [9.17, 15) is 4.79 Å². The average molecular weight is 288 g/mol. The van der Waals surface area contributed by atoms with Crippen LogP contribution in [0.5, 0.6) is 0 Å². The maximum atomic E-state index is 12.0. The van der Waals surface area contributed by atoms with Gasteiger partial charge in [0.15, 0.2) is 5.78 Å². The first-order valence-electron chi connectivity index (χ1n) is 6.24. The van der Waals surface area contributed by atoms with E-state index in [1.807, 2.05) is 11.9 Å². The zero-order chi connectivity index (χ0) is 13.0. The number of ether oxygens (including phenoxy) is 1. The summed E-state index contributed by atoms with van der Waals surface area (Å²) >= 11 is 7.17. The number of hydrogen-bond donors (Lipinski definition) is 0. The molecule has 0 N–H and O–H groups in total. The maximum Gasteiger partial charge on any atom is 0.186 e. The van der Waals surface area contributed by atoms with Crippen LogP contribution < -0.4 is 0 Å². The summed E-state index contributed by atoms with van der Waals surface area (Å²) in [5.74, 6) is 0.130. The summed E-state index contributed by atoms with van der Waals surface area (Å²) < 4.78 is 6.33. The molecule has 0 aliphatic carbocycles. The van der Waals surface area contributed by atoms with E-state index in [1.54, 1.807) is 12.1 Å². The molecule has 1 aromatic heterocycles. The molecule has 1 aromatic rings. The van der Waals surface area contributed by atoms with E-state index in [-0.39, 0.29) is 11.9 Å². The second kappa shape index (κ2) is 6.66. The van der Waals surface area contributed by atoms with Crippen LogP contribution in [-0.4, -0.2) is 43.5 Å². The normalized spacial score (nSPS) is 20.3. The van der Waals surface area contributed by atoms with Gasteiger partial charge in [-0.15, -0.1) is 11.3 Å². The predicted octanol–water partition coefficient (Wildman–Crippen LogP) is 3.09. The number of ketones is 1. The van der Waals surface area contributed by atoms with Crippen LogP contribution in [0.3, 0.4) is 0 Å². The largest absolute Gasteiger partial charge is 0.377 e. The van der Waals surface area contributed by atoms with Crippen LogP contribution in [0, 0.1) is 0 Å². The lowest BCUT2D eigenvalue weighted by molar-refractivity contribution is -0.000650. The molecule has 100 valence electrons. The van der Waals surface area contributed by atoms with E-state index in [4.69, 9.17) is 16.3 Å². The fourth-order valence-electron chi connectivity index (χ4n) is 2.15. The minimum Gasteiger partial charge on any atom is -0.377 e. The van der Waals surface area contributed by atoms with Crippen molar-refractivity contribution in [2.75, 3.05) is 26.7 Å². The number of thiophene rings is 1. The van der Waals surface area contributed by atoms with Gasteiger partial charge in [-0.3, -0.25) is 9.69 Å². The third-order valence-corrected chi connectivity index (χ3v) is 4.32. The molecule has 1 saturated heterocycles. The minimum atomic E-state index is 0.130. The molecular weight excluding hydrogens is 270 g/mol. The number of rotatable bonds is 5. The molecule has 0 aromatic carbocycles. The summed E-state index contributed by atoms with van der Waals surface area (Å²) in [7, 11) is 1.96. The van der Waals surface area contributed by atoms with E-state index in [0.29, 0.717) is 10.9 Å². The van der Waals surface area contributed by atoms with Gasteiger partial charge in [-0.05, 0) is 38.4 Å². The Labute approximate surface area is 117 Å². The van der Waals surface area contributed by atoms with Crippen LogP contribution in [0.4, 0.5) is 0 Å². The van der Waals surface area contributed by atoms with Crippen molar-refractivity contribution in [2.24, 2.45) is 0 Å². The molecule has 1 aliphatic heterocycles. The van der Waals surface area contributed by atoms with Crippen molar-refractivity contribution in [1.29, 1.82) is 0 Å². The molecule has 5 heteroatoms. The molecule has 0 amide bonds. The van der Waals surface area contributed by atoms with E-state index < -0.39 is 0 Å². The van der Waals surface area contributed by atoms with Gasteiger partial charge in [0.1, 0.15) is 0 Å². The van der Waals surface area contributed by atoms with Crippen molar-refractivity contribution in [3.05, 3.63) is 21.3 Å². The van der Waals surface area contributed by atoms with Crippen LogP contribution in [0.25, 0.3) is 0 Å². The molecule has 3 nitrogen and oxygen atoms in total. The highest BCUT2D eigenvalue weighted by molar-refractivity contribution is 7.18. The van der Waals surface area contributed by atoms with Crippen LogP contribution >= 0.6 is 22.9 Å². The Hall–Kier alpha value is -0.420. The molecule has 18 heavy (non-hydrogen) atoms. The minimum absolute atomic E-state index is 0.130. The topological polar surface area (TPSA) is 29.5 Å². The Kier molecular flexibility index (Phi) is 5.18. The van der Waals surface area contributed by atoms with Gasteiger partial charge >= 0.3 is 0 Å². The van der Waals surface area contributed by atoms with E-state index in [1.165, 1.54) is 17.8 Å². The molecular formula is C13H18ClNO2S. The van der Waals surface area contributed by atoms with Crippen LogP contribution in [-0.2, 0) is 4.74 Å². The Bertz CT molecular complexity index is 401. The molecule has 0 bridgehead atoms. The monoisotopic (exact) mass is 287 g/mol. The van der Waals surface area contributed by atoms with Gasteiger partial charge in [0.2, 0.25) is 0 Å². The molecule has 1 atom stereocenters. The van der Waals surface area contributed by atoms with Crippen molar-refractivity contribution in [1.82, 2.24) is 4.90 Å². The first kappa shape index (κ1) is 14.0. The van der Waals surface area contributed by atoms with Crippen LogP contribution in [0.2, 0.25) is 4.34 Å². The highest BCUT2D eigenvalue weighted by Gasteiger charge is 2.18. The summed E-state index contributed by atoms with van der Waals surface area (Å²) in [4.78, 5) is 14.7. The van der Waals surface area contributed by atoms with Crippen molar-refractivity contribution in [2.45, 2.75) is 25.4 Å². The lowest BCUT2D eigenvalue weighted by Gasteiger charge is -2.26. The number of likely N-dealkylation sites (N-methyl/N-ethyl adjacent to an activating group) is 1. The lowest BCUT2D eigenvalue weighted by atomic mass is 10.1. The number of carbonyl (C=O) groups is 1. The quantitative estimate of drug-likeness (QED) is 0.780. The Morgan fingerprint density at radius 2 is 2.39 bits per heavy atom. The van der Waals surface area contributed by atoms with E-state index >= 15 is 0 Å². The van der Waals surface area contributed by atoms with Gasteiger partial charge in [-0.1, -0.05) is 11.6 Å². The Morgan fingerprint density at radius 3 is 3.00 bits per heavy atom. The standard InChI is InChI=1S/C13H18ClNO2S/c1-15(8-10-4-2-3-7-17-10)9-11(16)12-5-6-13(14)18-12/h5-6,10H,2-4,7-9H2,1H3.